The number of hydrogen-bond acceptors (Lipinski definition) is 2. The zero-order chi connectivity index (χ0) is 13.8. The SMILES string of the molecule is C[C@@H](NC(=O)Cc1c(Cl)cccc1Cl)[C@H]1CCCO1. The van der Waals surface area contributed by atoms with Crippen molar-refractivity contribution in [2.75, 3.05) is 6.61 Å². The van der Waals surface area contributed by atoms with E-state index in [1.807, 2.05) is 6.92 Å². The number of rotatable bonds is 4. The predicted molar refractivity (Wildman–Crippen MR) is 76.7 cm³/mol. The number of nitrogens with one attached hydrogen (secondary N) is 1. The smallest absolute Gasteiger partial charge is 0.224 e. The van der Waals surface area contributed by atoms with E-state index in [0.717, 1.165) is 19.4 Å². The highest BCUT2D eigenvalue weighted by Crippen LogP contribution is 2.24. The van der Waals surface area contributed by atoms with Crippen LogP contribution in [0.2, 0.25) is 10.0 Å². The molecule has 0 aliphatic carbocycles. The van der Waals surface area contributed by atoms with Gasteiger partial charge in [-0.1, -0.05) is 29.3 Å². The van der Waals surface area contributed by atoms with Crippen molar-refractivity contribution in [3.05, 3.63) is 33.8 Å². The molecule has 2 rings (SSSR count). The Labute approximate surface area is 123 Å². The van der Waals surface area contributed by atoms with Crippen LogP contribution in [0.1, 0.15) is 25.3 Å². The first kappa shape index (κ1) is 14.6. The van der Waals surface area contributed by atoms with Gasteiger partial charge >= 0.3 is 0 Å². The second-order valence-corrected chi connectivity index (χ2v) is 5.60. The molecule has 1 aliphatic rings. The highest BCUT2D eigenvalue weighted by Gasteiger charge is 2.24. The molecule has 2 atom stereocenters. The second-order valence-electron chi connectivity index (χ2n) is 4.78. The first-order valence-electron chi connectivity index (χ1n) is 6.42. The molecule has 1 N–H and O–H groups in total. The van der Waals surface area contributed by atoms with E-state index in [4.69, 9.17) is 27.9 Å². The molecule has 19 heavy (non-hydrogen) atoms. The lowest BCUT2D eigenvalue weighted by atomic mass is 10.1. The number of carbonyl (C=O) groups is 1. The van der Waals surface area contributed by atoms with E-state index in [1.165, 1.54) is 0 Å². The van der Waals surface area contributed by atoms with E-state index in [-0.39, 0.29) is 24.5 Å². The average Bonchev–Trinajstić information content (AvgIpc) is 2.88. The Kier molecular flexibility index (Phi) is 5.08. The highest BCUT2D eigenvalue weighted by molar-refractivity contribution is 6.36. The Balaban J connectivity index is 1.93. The fourth-order valence-electron chi connectivity index (χ4n) is 2.26. The Morgan fingerprint density at radius 3 is 2.74 bits per heavy atom. The summed E-state index contributed by atoms with van der Waals surface area (Å²) in [6, 6.07) is 5.25. The van der Waals surface area contributed by atoms with Gasteiger partial charge < -0.3 is 10.1 Å². The van der Waals surface area contributed by atoms with Crippen LogP contribution >= 0.6 is 23.2 Å². The molecule has 3 nitrogen and oxygen atoms in total. The van der Waals surface area contributed by atoms with Crippen LogP contribution in [0, 0.1) is 0 Å². The molecule has 0 bridgehead atoms. The van der Waals surface area contributed by atoms with Gasteiger partial charge in [0.25, 0.3) is 0 Å². The van der Waals surface area contributed by atoms with E-state index in [2.05, 4.69) is 5.32 Å². The first-order chi connectivity index (χ1) is 9.08. The van der Waals surface area contributed by atoms with Crippen LogP contribution in [0.25, 0.3) is 0 Å². The standard InChI is InChI=1S/C14H17Cl2NO2/c1-9(13-6-3-7-19-13)17-14(18)8-10-11(15)4-2-5-12(10)16/h2,4-5,9,13H,3,6-8H2,1H3,(H,17,18)/t9-,13-/m1/s1. The van der Waals surface area contributed by atoms with Gasteiger partial charge in [-0.15, -0.1) is 0 Å². The monoisotopic (exact) mass is 301 g/mol. The number of benzene rings is 1. The molecule has 1 amide bonds. The molecule has 0 spiro atoms. The maximum absolute atomic E-state index is 12.0. The summed E-state index contributed by atoms with van der Waals surface area (Å²) in [6.45, 7) is 2.74. The van der Waals surface area contributed by atoms with Crippen LogP contribution in [0.5, 0.6) is 0 Å². The maximum atomic E-state index is 12.0. The van der Waals surface area contributed by atoms with Crippen molar-refractivity contribution in [1.29, 1.82) is 0 Å². The molecule has 1 saturated heterocycles. The molecule has 0 aromatic heterocycles. The van der Waals surface area contributed by atoms with Gasteiger partial charge in [-0.3, -0.25) is 4.79 Å². The molecule has 1 fully saturated rings. The predicted octanol–water partition coefficient (Wildman–Crippen LogP) is 3.22. The van der Waals surface area contributed by atoms with Crippen molar-refractivity contribution in [2.24, 2.45) is 0 Å². The molecule has 1 heterocycles. The topological polar surface area (TPSA) is 38.3 Å². The first-order valence-corrected chi connectivity index (χ1v) is 7.17. The summed E-state index contributed by atoms with van der Waals surface area (Å²) in [7, 11) is 0. The Morgan fingerprint density at radius 2 is 2.16 bits per heavy atom. The van der Waals surface area contributed by atoms with Gasteiger partial charge in [-0.05, 0) is 37.5 Å². The van der Waals surface area contributed by atoms with Crippen LogP contribution in [0.15, 0.2) is 18.2 Å². The number of hydrogen-bond donors (Lipinski definition) is 1. The lowest BCUT2D eigenvalue weighted by molar-refractivity contribution is -0.121. The molecule has 0 saturated carbocycles. The van der Waals surface area contributed by atoms with Crippen LogP contribution < -0.4 is 5.32 Å². The van der Waals surface area contributed by atoms with Crippen LogP contribution in [0.3, 0.4) is 0 Å². The minimum absolute atomic E-state index is 0.0104. The van der Waals surface area contributed by atoms with E-state index >= 15 is 0 Å². The van der Waals surface area contributed by atoms with Gasteiger partial charge in [0, 0.05) is 16.7 Å². The molecule has 0 unspecified atom stereocenters. The quantitative estimate of drug-likeness (QED) is 0.927. The van der Waals surface area contributed by atoms with E-state index in [9.17, 15) is 4.79 Å². The second kappa shape index (κ2) is 6.60. The lowest BCUT2D eigenvalue weighted by Gasteiger charge is -2.20. The van der Waals surface area contributed by atoms with Gasteiger partial charge in [0.1, 0.15) is 0 Å². The minimum atomic E-state index is -0.0852. The van der Waals surface area contributed by atoms with Gasteiger partial charge in [0.05, 0.1) is 18.6 Å². The van der Waals surface area contributed by atoms with Crippen molar-refractivity contribution < 1.29 is 9.53 Å². The molecule has 0 radical (unpaired) electrons. The number of halogens is 2. The van der Waals surface area contributed by atoms with Crippen molar-refractivity contribution in [3.63, 3.8) is 0 Å². The fraction of sp³-hybridized carbons (Fsp3) is 0.500. The summed E-state index contributed by atoms with van der Waals surface area (Å²) >= 11 is 12.1. The van der Waals surface area contributed by atoms with E-state index in [0.29, 0.717) is 15.6 Å². The number of ether oxygens (including phenoxy) is 1. The van der Waals surface area contributed by atoms with E-state index in [1.54, 1.807) is 18.2 Å². The fourth-order valence-corrected chi connectivity index (χ4v) is 2.79. The van der Waals surface area contributed by atoms with Crippen LogP contribution in [0.4, 0.5) is 0 Å². The third kappa shape index (κ3) is 3.85. The van der Waals surface area contributed by atoms with Crippen LogP contribution in [-0.4, -0.2) is 24.7 Å². The summed E-state index contributed by atoms with van der Waals surface area (Å²) in [5.74, 6) is -0.0852. The highest BCUT2D eigenvalue weighted by atomic mass is 35.5. The minimum Gasteiger partial charge on any atom is -0.376 e. The van der Waals surface area contributed by atoms with Gasteiger partial charge in [-0.25, -0.2) is 0 Å². The zero-order valence-electron chi connectivity index (χ0n) is 10.8. The van der Waals surface area contributed by atoms with Crippen LogP contribution in [-0.2, 0) is 16.0 Å². The van der Waals surface area contributed by atoms with Gasteiger partial charge in [0.2, 0.25) is 5.91 Å². The lowest BCUT2D eigenvalue weighted by Crippen LogP contribution is -2.41. The summed E-state index contributed by atoms with van der Waals surface area (Å²) in [4.78, 5) is 12.0. The average molecular weight is 302 g/mol. The van der Waals surface area contributed by atoms with Crippen molar-refractivity contribution in [3.8, 4) is 0 Å². The normalized spacial score (nSPS) is 20.3. The van der Waals surface area contributed by atoms with Gasteiger partial charge in [0.15, 0.2) is 0 Å². The Bertz CT molecular complexity index is 439. The summed E-state index contributed by atoms with van der Waals surface area (Å²) in [5.41, 5.74) is 0.669. The molecule has 104 valence electrons. The van der Waals surface area contributed by atoms with Gasteiger partial charge in [-0.2, -0.15) is 0 Å². The van der Waals surface area contributed by atoms with Crippen molar-refractivity contribution in [2.45, 2.75) is 38.3 Å². The molecular weight excluding hydrogens is 285 g/mol. The van der Waals surface area contributed by atoms with E-state index < -0.39 is 0 Å². The summed E-state index contributed by atoms with van der Waals surface area (Å²) in [5, 5.41) is 3.99. The molecular formula is C14H17Cl2NO2. The Morgan fingerprint density at radius 1 is 1.47 bits per heavy atom. The number of carbonyl (C=O) groups excluding carboxylic acids is 1. The zero-order valence-corrected chi connectivity index (χ0v) is 12.3. The Hall–Kier alpha value is -0.770. The molecule has 1 aromatic rings. The largest absolute Gasteiger partial charge is 0.376 e. The third-order valence-corrected chi connectivity index (χ3v) is 4.02. The third-order valence-electron chi connectivity index (χ3n) is 3.31. The molecule has 5 heteroatoms. The number of amides is 1. The molecule has 1 aromatic carbocycles. The van der Waals surface area contributed by atoms with Crippen molar-refractivity contribution >= 4 is 29.1 Å². The molecule has 1 aliphatic heterocycles. The maximum Gasteiger partial charge on any atom is 0.224 e. The summed E-state index contributed by atoms with van der Waals surface area (Å²) < 4.78 is 5.55. The summed E-state index contributed by atoms with van der Waals surface area (Å²) in [6.07, 6.45) is 2.36. The van der Waals surface area contributed by atoms with Crippen molar-refractivity contribution in [1.82, 2.24) is 5.32 Å².